The first-order valence-corrected chi connectivity index (χ1v) is 5.35. The highest BCUT2D eigenvalue weighted by Crippen LogP contribution is 2.41. The number of rotatable bonds is 2. The molecule has 18 heavy (non-hydrogen) atoms. The molecule has 0 fully saturated rings. The van der Waals surface area contributed by atoms with Gasteiger partial charge in [0.1, 0.15) is 0 Å². The molecule has 0 saturated carbocycles. The average Bonchev–Trinajstić information content (AvgIpc) is 2.30. The summed E-state index contributed by atoms with van der Waals surface area (Å²) in [4.78, 5) is 13.0. The van der Waals surface area contributed by atoms with Crippen LogP contribution in [0.15, 0.2) is 17.2 Å². The Labute approximate surface area is 102 Å². The molecule has 0 aromatic heterocycles. The third kappa shape index (κ3) is 2.44. The van der Waals surface area contributed by atoms with E-state index in [1.165, 1.54) is 12.1 Å². The van der Waals surface area contributed by atoms with Crippen molar-refractivity contribution in [3.8, 4) is 11.5 Å². The molecule has 0 bridgehead atoms. The van der Waals surface area contributed by atoms with E-state index >= 15 is 0 Å². The normalized spacial score (nSPS) is 14.0. The molecular formula is C10H10N4O4. The highest BCUT2D eigenvalue weighted by atomic mass is 16.6. The second kappa shape index (κ2) is 5.24. The van der Waals surface area contributed by atoms with E-state index in [0.29, 0.717) is 13.2 Å². The highest BCUT2D eigenvalue weighted by molar-refractivity contribution is 5.64. The molecule has 0 N–H and O–H groups in total. The van der Waals surface area contributed by atoms with Crippen molar-refractivity contribution in [1.29, 1.82) is 0 Å². The zero-order valence-electron chi connectivity index (χ0n) is 9.40. The topological polar surface area (TPSA) is 110 Å². The third-order valence-electron chi connectivity index (χ3n) is 2.42. The highest BCUT2D eigenvalue weighted by Gasteiger charge is 2.23. The summed E-state index contributed by atoms with van der Waals surface area (Å²) in [7, 11) is 0. The largest absolute Gasteiger partial charge is 0.489 e. The van der Waals surface area contributed by atoms with Gasteiger partial charge in [-0.05, 0) is 24.4 Å². The molecule has 0 saturated heterocycles. The van der Waals surface area contributed by atoms with E-state index in [0.717, 1.165) is 12.8 Å². The van der Waals surface area contributed by atoms with Gasteiger partial charge in [-0.3, -0.25) is 10.1 Å². The van der Waals surface area contributed by atoms with E-state index < -0.39 is 4.92 Å². The van der Waals surface area contributed by atoms with Gasteiger partial charge in [-0.25, -0.2) is 0 Å². The predicted octanol–water partition coefficient (Wildman–Crippen LogP) is 3.09. The second-order valence-corrected chi connectivity index (χ2v) is 3.64. The minimum Gasteiger partial charge on any atom is -0.489 e. The zero-order chi connectivity index (χ0) is 13.0. The number of fused-ring (bicyclic) bond motifs is 1. The van der Waals surface area contributed by atoms with Crippen LogP contribution in [-0.2, 0) is 0 Å². The molecule has 2 rings (SSSR count). The number of azide groups is 1. The van der Waals surface area contributed by atoms with Crippen LogP contribution in [0, 0.1) is 10.1 Å². The Morgan fingerprint density at radius 3 is 2.72 bits per heavy atom. The van der Waals surface area contributed by atoms with Gasteiger partial charge in [0, 0.05) is 16.7 Å². The summed E-state index contributed by atoms with van der Waals surface area (Å²) in [5, 5.41) is 14.3. The van der Waals surface area contributed by atoms with E-state index in [2.05, 4.69) is 10.0 Å². The molecule has 0 aliphatic carbocycles. The van der Waals surface area contributed by atoms with Crippen molar-refractivity contribution in [2.75, 3.05) is 13.2 Å². The standard InChI is InChI=1S/C10H10N4O4/c11-13-12-7-5-8(14(15)16)10-9(6-7)17-3-1-2-4-18-10/h5-6H,1-4H2. The van der Waals surface area contributed by atoms with Crippen LogP contribution in [0.3, 0.4) is 0 Å². The van der Waals surface area contributed by atoms with Crippen molar-refractivity contribution in [2.45, 2.75) is 12.8 Å². The third-order valence-corrected chi connectivity index (χ3v) is 2.42. The summed E-state index contributed by atoms with van der Waals surface area (Å²) < 4.78 is 10.7. The molecule has 1 aromatic rings. The summed E-state index contributed by atoms with van der Waals surface area (Å²) in [6, 6.07) is 2.61. The van der Waals surface area contributed by atoms with Gasteiger partial charge in [-0.15, -0.1) is 0 Å². The predicted molar refractivity (Wildman–Crippen MR) is 62.1 cm³/mol. The Morgan fingerprint density at radius 1 is 1.33 bits per heavy atom. The first-order valence-electron chi connectivity index (χ1n) is 5.35. The lowest BCUT2D eigenvalue weighted by Crippen LogP contribution is -2.09. The Kier molecular flexibility index (Phi) is 3.49. The molecule has 0 radical (unpaired) electrons. The Morgan fingerprint density at radius 2 is 2.06 bits per heavy atom. The van der Waals surface area contributed by atoms with Gasteiger partial charge in [0.25, 0.3) is 0 Å². The fourth-order valence-electron chi connectivity index (χ4n) is 1.63. The molecule has 8 nitrogen and oxygen atoms in total. The second-order valence-electron chi connectivity index (χ2n) is 3.64. The molecule has 1 heterocycles. The molecule has 0 atom stereocenters. The maximum absolute atomic E-state index is 11.0. The lowest BCUT2D eigenvalue weighted by molar-refractivity contribution is -0.385. The van der Waals surface area contributed by atoms with Crippen molar-refractivity contribution in [3.05, 3.63) is 32.7 Å². The maximum atomic E-state index is 11.0. The minimum atomic E-state index is -0.583. The molecule has 0 spiro atoms. The van der Waals surface area contributed by atoms with Crippen LogP contribution in [0.4, 0.5) is 11.4 Å². The fourth-order valence-corrected chi connectivity index (χ4v) is 1.63. The van der Waals surface area contributed by atoms with E-state index in [1.807, 2.05) is 0 Å². The smallest absolute Gasteiger partial charge is 0.315 e. The molecular weight excluding hydrogens is 240 g/mol. The Bertz CT molecular complexity index is 525. The van der Waals surface area contributed by atoms with Crippen LogP contribution in [0.1, 0.15) is 12.8 Å². The summed E-state index contributed by atoms with van der Waals surface area (Å²) in [5.74, 6) is 0.336. The van der Waals surface area contributed by atoms with Crippen LogP contribution in [0.5, 0.6) is 11.5 Å². The van der Waals surface area contributed by atoms with Gasteiger partial charge in [0.05, 0.1) is 18.1 Å². The number of hydrogen-bond donors (Lipinski definition) is 0. The van der Waals surface area contributed by atoms with Gasteiger partial charge < -0.3 is 9.47 Å². The van der Waals surface area contributed by atoms with E-state index in [4.69, 9.17) is 15.0 Å². The summed E-state index contributed by atoms with van der Waals surface area (Å²) in [5.41, 5.74) is 8.25. The van der Waals surface area contributed by atoms with Crippen LogP contribution < -0.4 is 9.47 Å². The van der Waals surface area contributed by atoms with Crippen LogP contribution in [-0.4, -0.2) is 18.1 Å². The lowest BCUT2D eigenvalue weighted by atomic mass is 10.2. The van der Waals surface area contributed by atoms with Crippen LogP contribution >= 0.6 is 0 Å². The van der Waals surface area contributed by atoms with Gasteiger partial charge in [0.15, 0.2) is 5.75 Å². The monoisotopic (exact) mass is 250 g/mol. The fraction of sp³-hybridized carbons (Fsp3) is 0.400. The number of nitro groups is 1. The van der Waals surface area contributed by atoms with Crippen molar-refractivity contribution >= 4 is 11.4 Å². The Hall–Kier alpha value is -2.47. The molecule has 1 aromatic carbocycles. The number of nitrogens with zero attached hydrogens (tertiary/aromatic N) is 4. The zero-order valence-corrected chi connectivity index (χ0v) is 9.40. The average molecular weight is 250 g/mol. The summed E-state index contributed by atoms with van der Waals surface area (Å²) >= 11 is 0. The molecule has 94 valence electrons. The lowest BCUT2D eigenvalue weighted by Gasteiger charge is -2.16. The Balaban J connectivity index is 2.55. The SMILES string of the molecule is [N-]=[N+]=Nc1cc2c(c([N+](=O)[O-])c1)OCCCCO2. The van der Waals surface area contributed by atoms with Crippen molar-refractivity contribution < 1.29 is 14.4 Å². The molecule has 1 aliphatic rings. The number of nitro benzene ring substituents is 1. The van der Waals surface area contributed by atoms with Gasteiger partial charge >= 0.3 is 5.69 Å². The van der Waals surface area contributed by atoms with Crippen LogP contribution in [0.25, 0.3) is 10.4 Å². The molecule has 1 aliphatic heterocycles. The van der Waals surface area contributed by atoms with Gasteiger partial charge in [-0.2, -0.15) is 0 Å². The summed E-state index contributed by atoms with van der Waals surface area (Å²) in [6.45, 7) is 0.852. The van der Waals surface area contributed by atoms with Crippen LogP contribution in [0.2, 0.25) is 0 Å². The van der Waals surface area contributed by atoms with Gasteiger partial charge in [-0.1, -0.05) is 5.11 Å². The first kappa shape index (κ1) is 12.0. The maximum Gasteiger partial charge on any atom is 0.315 e. The molecule has 8 heteroatoms. The quantitative estimate of drug-likeness (QED) is 0.264. The van der Waals surface area contributed by atoms with E-state index in [9.17, 15) is 10.1 Å². The van der Waals surface area contributed by atoms with Crippen molar-refractivity contribution in [2.24, 2.45) is 5.11 Å². The van der Waals surface area contributed by atoms with E-state index in [-0.39, 0.29) is 22.9 Å². The minimum absolute atomic E-state index is 0.0941. The molecule has 0 amide bonds. The van der Waals surface area contributed by atoms with Crippen molar-refractivity contribution in [1.82, 2.24) is 0 Å². The number of hydrogen-bond acceptors (Lipinski definition) is 5. The van der Waals surface area contributed by atoms with E-state index in [1.54, 1.807) is 0 Å². The van der Waals surface area contributed by atoms with Gasteiger partial charge in [0.2, 0.25) is 5.75 Å². The molecule has 0 unspecified atom stereocenters. The first-order chi connectivity index (χ1) is 8.72. The number of benzene rings is 1. The number of ether oxygens (including phenoxy) is 2. The van der Waals surface area contributed by atoms with Crippen molar-refractivity contribution in [3.63, 3.8) is 0 Å². The summed E-state index contributed by atoms with van der Waals surface area (Å²) in [6.07, 6.45) is 1.58.